The first-order valence-electron chi connectivity index (χ1n) is 7.17. The average molecular weight is 273 g/mol. The average Bonchev–Trinajstić information content (AvgIpc) is 3.13. The van der Waals surface area contributed by atoms with Crippen LogP contribution >= 0.6 is 0 Å². The van der Waals surface area contributed by atoms with Crippen molar-refractivity contribution in [3.63, 3.8) is 0 Å². The molecule has 2 fully saturated rings. The van der Waals surface area contributed by atoms with Crippen LogP contribution in [-0.4, -0.2) is 17.3 Å². The highest BCUT2D eigenvalue weighted by molar-refractivity contribution is 5.42. The van der Waals surface area contributed by atoms with Gasteiger partial charge in [0.25, 0.3) is 0 Å². The molecule has 20 heavy (non-hydrogen) atoms. The van der Waals surface area contributed by atoms with E-state index in [9.17, 15) is 14.8 Å². The fraction of sp³-hybridized carbons (Fsp3) is 0.562. The minimum absolute atomic E-state index is 0.0909. The van der Waals surface area contributed by atoms with Crippen molar-refractivity contribution in [3.8, 4) is 6.07 Å². The third kappa shape index (κ3) is 1.30. The number of benzene rings is 1. The minimum Gasteiger partial charge on any atom is -0.383 e. The van der Waals surface area contributed by atoms with Crippen molar-refractivity contribution >= 4 is 0 Å². The second-order valence-corrected chi connectivity index (χ2v) is 6.27. The van der Waals surface area contributed by atoms with Crippen LogP contribution in [0.25, 0.3) is 0 Å². The van der Waals surface area contributed by atoms with Gasteiger partial charge in [0, 0.05) is 0 Å². The summed E-state index contributed by atoms with van der Waals surface area (Å²) in [5.41, 5.74) is -0.537. The normalized spacial score (nSPS) is 41.6. The maximum absolute atomic E-state index is 13.3. The van der Waals surface area contributed by atoms with E-state index in [2.05, 4.69) is 6.07 Å². The molecule has 3 aliphatic rings. The SMILES string of the molecule is N#CC1(C2(O)CCc3cc(F)ccc32)CC2CCC1O2. The van der Waals surface area contributed by atoms with E-state index >= 15 is 0 Å². The van der Waals surface area contributed by atoms with Gasteiger partial charge in [0.05, 0.1) is 18.3 Å². The smallest absolute Gasteiger partial charge is 0.123 e. The molecule has 1 N–H and O–H groups in total. The highest BCUT2D eigenvalue weighted by Gasteiger charge is 2.65. The number of nitriles is 1. The monoisotopic (exact) mass is 273 g/mol. The van der Waals surface area contributed by atoms with Gasteiger partial charge in [0.1, 0.15) is 16.8 Å². The molecule has 4 heteroatoms. The van der Waals surface area contributed by atoms with Gasteiger partial charge in [-0.15, -0.1) is 0 Å². The molecule has 3 nitrogen and oxygen atoms in total. The lowest BCUT2D eigenvalue weighted by Gasteiger charge is -2.42. The fourth-order valence-corrected chi connectivity index (χ4v) is 4.44. The summed E-state index contributed by atoms with van der Waals surface area (Å²) < 4.78 is 19.2. The largest absolute Gasteiger partial charge is 0.383 e. The summed E-state index contributed by atoms with van der Waals surface area (Å²) in [6.45, 7) is 0. The standard InChI is InChI=1S/C16H16FNO2/c17-11-1-3-13-10(7-11)5-6-16(13,19)15(9-18)8-12-2-4-14(15)20-12/h1,3,7,12,14,19H,2,4-6,8H2. The Bertz CT molecular complexity index is 625. The van der Waals surface area contributed by atoms with Crippen LogP contribution in [0.15, 0.2) is 18.2 Å². The van der Waals surface area contributed by atoms with E-state index in [0.717, 1.165) is 24.0 Å². The second kappa shape index (κ2) is 3.81. The molecule has 0 aromatic heterocycles. The second-order valence-electron chi connectivity index (χ2n) is 6.27. The number of rotatable bonds is 1. The van der Waals surface area contributed by atoms with Crippen molar-refractivity contribution in [1.29, 1.82) is 5.26 Å². The lowest BCUT2D eigenvalue weighted by molar-refractivity contribution is -0.0898. The summed E-state index contributed by atoms with van der Waals surface area (Å²) in [7, 11) is 0. The van der Waals surface area contributed by atoms with Gasteiger partial charge in [-0.05, 0) is 55.4 Å². The summed E-state index contributed by atoms with van der Waals surface area (Å²) in [6, 6.07) is 6.87. The van der Waals surface area contributed by atoms with Crippen LogP contribution in [0.5, 0.6) is 0 Å². The van der Waals surface area contributed by atoms with Crippen LogP contribution in [0.2, 0.25) is 0 Å². The van der Waals surface area contributed by atoms with Crippen molar-refractivity contribution in [2.24, 2.45) is 5.41 Å². The number of halogens is 1. The lowest BCUT2D eigenvalue weighted by Crippen LogP contribution is -2.49. The molecular weight excluding hydrogens is 257 g/mol. The predicted molar refractivity (Wildman–Crippen MR) is 69.2 cm³/mol. The summed E-state index contributed by atoms with van der Waals surface area (Å²) in [4.78, 5) is 0. The molecule has 1 aromatic rings. The molecule has 1 aromatic carbocycles. The van der Waals surface area contributed by atoms with Crippen LogP contribution in [0.4, 0.5) is 4.39 Å². The van der Waals surface area contributed by atoms with Crippen LogP contribution in [0.3, 0.4) is 0 Å². The van der Waals surface area contributed by atoms with Gasteiger partial charge in [-0.25, -0.2) is 4.39 Å². The van der Waals surface area contributed by atoms with Crippen LogP contribution in [0, 0.1) is 22.6 Å². The summed E-state index contributed by atoms with van der Waals surface area (Å²) in [5, 5.41) is 21.1. The summed E-state index contributed by atoms with van der Waals surface area (Å²) in [6.07, 6.45) is 3.38. The zero-order valence-corrected chi connectivity index (χ0v) is 11.1. The van der Waals surface area contributed by atoms with Crippen molar-refractivity contribution < 1.29 is 14.2 Å². The van der Waals surface area contributed by atoms with Crippen LogP contribution in [0.1, 0.15) is 36.8 Å². The number of hydrogen-bond acceptors (Lipinski definition) is 3. The molecule has 2 saturated heterocycles. The summed E-state index contributed by atoms with van der Waals surface area (Å²) >= 11 is 0. The van der Waals surface area contributed by atoms with Crippen molar-refractivity contribution in [2.75, 3.05) is 0 Å². The Labute approximate surface area is 117 Å². The first-order valence-corrected chi connectivity index (χ1v) is 7.17. The fourth-order valence-electron chi connectivity index (χ4n) is 4.44. The zero-order valence-electron chi connectivity index (χ0n) is 11.1. The Hall–Kier alpha value is -1.44. The molecule has 4 unspecified atom stereocenters. The third-order valence-electron chi connectivity index (χ3n) is 5.41. The maximum Gasteiger partial charge on any atom is 0.123 e. The van der Waals surface area contributed by atoms with Crippen molar-refractivity contribution in [3.05, 3.63) is 35.1 Å². The Morgan fingerprint density at radius 3 is 2.90 bits per heavy atom. The molecule has 1 aliphatic carbocycles. The first kappa shape index (κ1) is 12.3. The summed E-state index contributed by atoms with van der Waals surface area (Å²) in [5.74, 6) is -0.289. The van der Waals surface area contributed by atoms with Gasteiger partial charge in [0.15, 0.2) is 0 Å². The Kier molecular flexibility index (Phi) is 2.34. The highest BCUT2D eigenvalue weighted by atomic mass is 19.1. The quantitative estimate of drug-likeness (QED) is 0.855. The van der Waals surface area contributed by atoms with E-state index in [1.165, 1.54) is 12.1 Å². The Balaban J connectivity index is 1.85. The van der Waals surface area contributed by atoms with E-state index in [0.29, 0.717) is 19.3 Å². The molecule has 0 saturated carbocycles. The van der Waals surface area contributed by atoms with Gasteiger partial charge in [0.2, 0.25) is 0 Å². The zero-order chi connectivity index (χ0) is 14.0. The Morgan fingerprint density at radius 1 is 1.40 bits per heavy atom. The van der Waals surface area contributed by atoms with Crippen molar-refractivity contribution in [2.45, 2.75) is 49.9 Å². The Morgan fingerprint density at radius 2 is 2.25 bits per heavy atom. The molecular formula is C16H16FNO2. The minimum atomic E-state index is -1.20. The molecule has 2 bridgehead atoms. The lowest BCUT2D eigenvalue weighted by atomic mass is 9.62. The van der Waals surface area contributed by atoms with Gasteiger partial charge < -0.3 is 9.84 Å². The molecule has 0 amide bonds. The van der Waals surface area contributed by atoms with Crippen LogP contribution in [-0.2, 0) is 16.8 Å². The van der Waals surface area contributed by atoms with Gasteiger partial charge in [-0.1, -0.05) is 6.07 Å². The van der Waals surface area contributed by atoms with E-state index in [1.807, 2.05) is 0 Å². The van der Waals surface area contributed by atoms with Crippen molar-refractivity contribution in [1.82, 2.24) is 0 Å². The third-order valence-corrected chi connectivity index (χ3v) is 5.41. The molecule has 4 rings (SSSR count). The maximum atomic E-state index is 13.3. The van der Waals surface area contributed by atoms with E-state index < -0.39 is 11.0 Å². The number of ether oxygens (including phenoxy) is 1. The molecule has 0 radical (unpaired) electrons. The van der Waals surface area contributed by atoms with Gasteiger partial charge in [-0.2, -0.15) is 5.26 Å². The molecule has 2 aliphatic heterocycles. The number of fused-ring (bicyclic) bond motifs is 3. The van der Waals surface area contributed by atoms with E-state index in [-0.39, 0.29) is 18.0 Å². The molecule has 4 atom stereocenters. The highest BCUT2D eigenvalue weighted by Crippen LogP contribution is 2.60. The first-order chi connectivity index (χ1) is 9.59. The number of hydrogen-bond donors (Lipinski definition) is 1. The van der Waals surface area contributed by atoms with Gasteiger partial charge >= 0.3 is 0 Å². The van der Waals surface area contributed by atoms with E-state index in [1.54, 1.807) is 6.07 Å². The molecule has 104 valence electrons. The van der Waals surface area contributed by atoms with Gasteiger partial charge in [-0.3, -0.25) is 0 Å². The molecule has 2 heterocycles. The molecule has 0 spiro atoms. The number of aryl methyl sites for hydroxylation is 1. The number of aliphatic hydroxyl groups is 1. The number of nitrogens with zero attached hydrogens (tertiary/aromatic N) is 1. The topological polar surface area (TPSA) is 53.2 Å². The predicted octanol–water partition coefficient (Wildman–Crippen LogP) is 2.42. The van der Waals surface area contributed by atoms with Crippen LogP contribution < -0.4 is 0 Å². The van der Waals surface area contributed by atoms with E-state index in [4.69, 9.17) is 4.74 Å².